The van der Waals surface area contributed by atoms with Crippen molar-refractivity contribution in [2.75, 3.05) is 32.7 Å². The van der Waals surface area contributed by atoms with E-state index in [0.717, 1.165) is 31.4 Å². The van der Waals surface area contributed by atoms with Gasteiger partial charge in [-0.2, -0.15) is 0 Å². The molecule has 10 nitrogen and oxygen atoms in total. The van der Waals surface area contributed by atoms with Gasteiger partial charge < -0.3 is 15.3 Å². The van der Waals surface area contributed by atoms with Gasteiger partial charge in [0.25, 0.3) is 0 Å². The highest BCUT2D eigenvalue weighted by atomic mass is 16.4. The van der Waals surface area contributed by atoms with E-state index in [1.54, 1.807) is 4.90 Å². The van der Waals surface area contributed by atoms with Crippen LogP contribution in [-0.2, 0) is 27.5 Å². The number of aliphatic carboxylic acids is 3. The van der Waals surface area contributed by atoms with Crippen LogP contribution in [0.5, 0.6) is 0 Å². The highest BCUT2D eigenvalue weighted by Gasteiger charge is 2.36. The molecule has 0 spiro atoms. The Morgan fingerprint density at radius 1 is 0.806 bits per heavy atom. The minimum absolute atomic E-state index is 0.109. The second-order valence-corrected chi connectivity index (χ2v) is 8.31. The maximum absolute atomic E-state index is 11.6. The minimum atomic E-state index is -0.948. The lowest BCUT2D eigenvalue weighted by molar-refractivity contribution is -0.143. The number of carboxylic acid groups (broad SMARTS) is 3. The molecule has 2 bridgehead atoms. The number of hydrogen-bond acceptors (Lipinski definition) is 7. The number of carboxylic acids is 3. The highest BCUT2D eigenvalue weighted by Crippen LogP contribution is 2.29. The molecule has 2 unspecified atom stereocenters. The Morgan fingerprint density at radius 3 is 1.97 bits per heavy atom. The van der Waals surface area contributed by atoms with E-state index in [0.29, 0.717) is 31.9 Å². The zero-order valence-corrected chi connectivity index (χ0v) is 17.5. The van der Waals surface area contributed by atoms with Crippen molar-refractivity contribution in [2.24, 2.45) is 0 Å². The van der Waals surface area contributed by atoms with Gasteiger partial charge in [-0.05, 0) is 25.0 Å². The summed E-state index contributed by atoms with van der Waals surface area (Å²) in [5.41, 5.74) is 1.43. The van der Waals surface area contributed by atoms with Gasteiger partial charge in [0.2, 0.25) is 0 Å². The minimum Gasteiger partial charge on any atom is -0.480 e. The fourth-order valence-electron chi connectivity index (χ4n) is 4.76. The summed E-state index contributed by atoms with van der Waals surface area (Å²) in [6, 6.07) is 5.31. The number of nitrogens with zero attached hydrogens (tertiary/aromatic N) is 4. The fraction of sp³-hybridized carbons (Fsp3) is 0.619. The molecule has 1 fully saturated rings. The number of hydrogen-bond donors (Lipinski definition) is 3. The maximum atomic E-state index is 11.6. The van der Waals surface area contributed by atoms with Crippen molar-refractivity contribution in [2.45, 2.75) is 50.9 Å². The summed E-state index contributed by atoms with van der Waals surface area (Å²) in [7, 11) is 0. The first-order chi connectivity index (χ1) is 14.8. The molecule has 2 atom stereocenters. The van der Waals surface area contributed by atoms with Gasteiger partial charge in [0.1, 0.15) is 0 Å². The number of rotatable bonds is 6. The summed E-state index contributed by atoms with van der Waals surface area (Å²) in [5.74, 6) is -2.82. The first-order valence-electron chi connectivity index (χ1n) is 10.6. The predicted octanol–water partition coefficient (Wildman–Crippen LogP) is 0.566. The molecular formula is C21H30N4O6. The number of pyridine rings is 1. The molecule has 0 radical (unpaired) electrons. The van der Waals surface area contributed by atoms with Gasteiger partial charge in [-0.3, -0.25) is 34.1 Å². The lowest BCUT2D eigenvalue weighted by atomic mass is 9.87. The van der Waals surface area contributed by atoms with Crippen molar-refractivity contribution in [3.8, 4) is 0 Å². The summed E-state index contributed by atoms with van der Waals surface area (Å²) in [6.07, 6.45) is 3.47. The van der Waals surface area contributed by atoms with E-state index in [-0.39, 0.29) is 31.7 Å². The number of fused-ring (bicyclic) bond motifs is 3. The molecule has 1 aliphatic carbocycles. The van der Waals surface area contributed by atoms with Crippen LogP contribution in [0.25, 0.3) is 0 Å². The maximum Gasteiger partial charge on any atom is 0.317 e. The lowest BCUT2D eigenvalue weighted by Gasteiger charge is -2.45. The van der Waals surface area contributed by atoms with Crippen LogP contribution < -0.4 is 0 Å². The molecule has 31 heavy (non-hydrogen) atoms. The van der Waals surface area contributed by atoms with E-state index in [9.17, 15) is 29.7 Å². The molecule has 1 aromatic heterocycles. The van der Waals surface area contributed by atoms with Gasteiger partial charge in [0.05, 0.1) is 31.0 Å². The monoisotopic (exact) mass is 434 g/mol. The van der Waals surface area contributed by atoms with Crippen molar-refractivity contribution < 1.29 is 29.7 Å². The summed E-state index contributed by atoms with van der Waals surface area (Å²) in [5, 5.41) is 28.3. The van der Waals surface area contributed by atoms with Gasteiger partial charge in [-0.1, -0.05) is 18.9 Å². The van der Waals surface area contributed by atoms with Crippen LogP contribution in [-0.4, -0.2) is 97.7 Å². The van der Waals surface area contributed by atoms with E-state index in [1.165, 1.54) is 0 Å². The molecule has 1 aliphatic heterocycles. The Balaban J connectivity index is 1.98. The molecule has 0 saturated heterocycles. The topological polar surface area (TPSA) is 135 Å². The van der Waals surface area contributed by atoms with Crippen LogP contribution in [0.3, 0.4) is 0 Å². The van der Waals surface area contributed by atoms with Crippen molar-refractivity contribution in [1.29, 1.82) is 0 Å². The van der Waals surface area contributed by atoms with E-state index >= 15 is 0 Å². The molecule has 2 aliphatic rings. The van der Waals surface area contributed by atoms with Gasteiger partial charge in [0.15, 0.2) is 0 Å². The third-order valence-electron chi connectivity index (χ3n) is 5.99. The van der Waals surface area contributed by atoms with Crippen LogP contribution in [0.1, 0.15) is 37.1 Å². The van der Waals surface area contributed by atoms with Gasteiger partial charge >= 0.3 is 17.9 Å². The van der Waals surface area contributed by atoms with Crippen molar-refractivity contribution >= 4 is 17.9 Å². The van der Waals surface area contributed by atoms with Crippen molar-refractivity contribution in [1.82, 2.24) is 19.7 Å². The molecule has 2 heterocycles. The SMILES string of the molecule is O=C(O)CN1CCN(CC(=O)O)C2CCCCC2N(CC(=O)O)Cc2cccc(n2)C1. The average Bonchev–Trinajstić information content (AvgIpc) is 2.69. The standard InChI is InChI=1S/C21H30N4O6/c26-19(27)12-23-8-9-24(13-20(28)29)17-6-1-2-7-18(17)25(14-21(30)31)11-16-5-3-4-15(10-23)22-16/h3-5,17-18H,1-2,6-14H2,(H,26,27)(H,28,29)(H,30,31). The third kappa shape index (κ3) is 6.71. The second-order valence-electron chi connectivity index (χ2n) is 8.31. The largest absolute Gasteiger partial charge is 0.480 e. The van der Waals surface area contributed by atoms with Crippen LogP contribution in [0, 0.1) is 0 Å². The molecule has 1 aromatic rings. The van der Waals surface area contributed by atoms with Crippen molar-refractivity contribution in [3.05, 3.63) is 29.6 Å². The summed E-state index contributed by atoms with van der Waals surface area (Å²) in [6.45, 7) is 0.988. The Kier molecular flexibility index (Phi) is 7.94. The molecule has 0 amide bonds. The first-order valence-corrected chi connectivity index (χ1v) is 10.6. The molecule has 10 heteroatoms. The molecular weight excluding hydrogens is 404 g/mol. The Labute approximate surface area is 181 Å². The summed E-state index contributed by atoms with van der Waals surface area (Å²) >= 11 is 0. The Hall–Kier alpha value is -2.56. The van der Waals surface area contributed by atoms with Gasteiger partial charge in [-0.15, -0.1) is 0 Å². The van der Waals surface area contributed by atoms with Crippen LogP contribution in [0.15, 0.2) is 18.2 Å². The van der Waals surface area contributed by atoms with E-state index in [4.69, 9.17) is 0 Å². The normalized spacial score (nSPS) is 23.9. The lowest BCUT2D eigenvalue weighted by Crippen LogP contribution is -2.56. The van der Waals surface area contributed by atoms with Gasteiger partial charge in [0, 0.05) is 38.3 Å². The fourth-order valence-corrected chi connectivity index (χ4v) is 4.76. The molecule has 3 rings (SSSR count). The van der Waals surface area contributed by atoms with E-state index < -0.39 is 17.9 Å². The van der Waals surface area contributed by atoms with Crippen LogP contribution in [0.4, 0.5) is 0 Å². The number of carbonyl (C=O) groups is 3. The molecule has 3 N–H and O–H groups in total. The van der Waals surface area contributed by atoms with Crippen molar-refractivity contribution in [3.63, 3.8) is 0 Å². The average molecular weight is 434 g/mol. The quantitative estimate of drug-likeness (QED) is 0.583. The second kappa shape index (κ2) is 10.7. The van der Waals surface area contributed by atoms with E-state index in [2.05, 4.69) is 4.98 Å². The Bertz CT molecular complexity index is 804. The predicted molar refractivity (Wildman–Crippen MR) is 110 cm³/mol. The third-order valence-corrected chi connectivity index (χ3v) is 5.99. The zero-order chi connectivity index (χ0) is 22.4. The smallest absolute Gasteiger partial charge is 0.317 e. The molecule has 1 saturated carbocycles. The first kappa shape index (κ1) is 23.1. The molecule has 0 aromatic carbocycles. The Morgan fingerprint density at radius 2 is 1.35 bits per heavy atom. The van der Waals surface area contributed by atoms with Crippen LogP contribution >= 0.6 is 0 Å². The summed E-state index contributed by atoms with van der Waals surface area (Å²) in [4.78, 5) is 44.8. The zero-order valence-electron chi connectivity index (χ0n) is 17.5. The summed E-state index contributed by atoms with van der Waals surface area (Å²) < 4.78 is 0. The molecule has 170 valence electrons. The van der Waals surface area contributed by atoms with E-state index in [1.807, 2.05) is 28.0 Å². The van der Waals surface area contributed by atoms with Gasteiger partial charge in [-0.25, -0.2) is 0 Å². The highest BCUT2D eigenvalue weighted by molar-refractivity contribution is 5.70. The van der Waals surface area contributed by atoms with Crippen LogP contribution in [0.2, 0.25) is 0 Å². The number of aromatic nitrogens is 1.